The fourth-order valence-corrected chi connectivity index (χ4v) is 2.29. The summed E-state index contributed by atoms with van der Waals surface area (Å²) in [6, 6.07) is 8.27. The van der Waals surface area contributed by atoms with Crippen molar-refractivity contribution >= 4 is 0 Å². The van der Waals surface area contributed by atoms with Gasteiger partial charge >= 0.3 is 6.18 Å². The summed E-state index contributed by atoms with van der Waals surface area (Å²) >= 11 is 0. The number of benzene rings is 2. The van der Waals surface area contributed by atoms with Crippen molar-refractivity contribution < 1.29 is 27.0 Å². The van der Waals surface area contributed by atoms with E-state index in [1.165, 1.54) is 12.1 Å². The minimum absolute atomic E-state index is 0.141. The molecule has 2 unspecified atom stereocenters. The molecule has 1 heterocycles. The first-order valence-electron chi connectivity index (χ1n) is 6.86. The van der Waals surface area contributed by atoms with Gasteiger partial charge in [-0.2, -0.15) is 13.2 Å². The van der Waals surface area contributed by atoms with Crippen molar-refractivity contribution in [2.24, 2.45) is 5.73 Å². The van der Waals surface area contributed by atoms with Gasteiger partial charge in [0, 0.05) is 11.6 Å². The van der Waals surface area contributed by atoms with Gasteiger partial charge in [0.1, 0.15) is 23.9 Å². The summed E-state index contributed by atoms with van der Waals surface area (Å²) in [5, 5.41) is 0. The number of hydrogen-bond donors (Lipinski definition) is 1. The van der Waals surface area contributed by atoms with E-state index < -0.39 is 24.0 Å². The van der Waals surface area contributed by atoms with E-state index in [1.807, 2.05) is 0 Å². The second-order valence-corrected chi connectivity index (χ2v) is 5.18. The van der Waals surface area contributed by atoms with E-state index >= 15 is 0 Å². The van der Waals surface area contributed by atoms with E-state index in [4.69, 9.17) is 15.2 Å². The van der Waals surface area contributed by atoms with E-state index in [1.54, 1.807) is 18.2 Å². The Morgan fingerprint density at radius 3 is 2.35 bits per heavy atom. The average Bonchev–Trinajstić information content (AvgIpc) is 2.51. The first-order valence-corrected chi connectivity index (χ1v) is 6.86. The van der Waals surface area contributed by atoms with Crippen LogP contribution >= 0.6 is 0 Å². The van der Waals surface area contributed by atoms with E-state index in [2.05, 4.69) is 0 Å². The SMILES string of the molecule is NC1c2ccc(Oc3ccc(C(F)(F)F)cc3)cc2OCC1F. The molecule has 0 aromatic heterocycles. The van der Waals surface area contributed by atoms with Crippen LogP contribution in [-0.2, 0) is 6.18 Å². The van der Waals surface area contributed by atoms with Gasteiger partial charge in [-0.25, -0.2) is 4.39 Å². The predicted molar refractivity (Wildman–Crippen MR) is 75.3 cm³/mol. The Balaban J connectivity index is 1.79. The monoisotopic (exact) mass is 327 g/mol. The summed E-state index contributed by atoms with van der Waals surface area (Å²) in [6.45, 7) is -0.141. The Labute approximate surface area is 129 Å². The van der Waals surface area contributed by atoms with Crippen LogP contribution in [0.3, 0.4) is 0 Å². The van der Waals surface area contributed by atoms with E-state index in [0.717, 1.165) is 12.1 Å². The normalized spacial score (nSPS) is 20.6. The van der Waals surface area contributed by atoms with E-state index in [9.17, 15) is 17.6 Å². The zero-order valence-electron chi connectivity index (χ0n) is 11.8. The molecule has 0 aliphatic carbocycles. The molecule has 0 radical (unpaired) electrons. The van der Waals surface area contributed by atoms with Crippen LogP contribution < -0.4 is 15.2 Å². The van der Waals surface area contributed by atoms with Crippen molar-refractivity contribution in [1.82, 2.24) is 0 Å². The summed E-state index contributed by atoms with van der Waals surface area (Å²) in [5.41, 5.74) is 5.53. The van der Waals surface area contributed by atoms with Gasteiger partial charge in [-0.3, -0.25) is 0 Å². The van der Waals surface area contributed by atoms with Crippen molar-refractivity contribution in [3.05, 3.63) is 53.6 Å². The summed E-state index contributed by atoms with van der Waals surface area (Å²) in [5.74, 6) is 1.03. The predicted octanol–water partition coefficient (Wildman–Crippen LogP) is 4.23. The number of alkyl halides is 4. The standard InChI is InChI=1S/C16H13F4NO2/c17-13-8-22-14-7-11(5-6-12(14)15(13)21)23-10-3-1-9(2-4-10)16(18,19)20/h1-7,13,15H,8,21H2. The van der Waals surface area contributed by atoms with E-state index in [0.29, 0.717) is 17.1 Å². The Kier molecular flexibility index (Phi) is 3.89. The lowest BCUT2D eigenvalue weighted by atomic mass is 10.00. The molecular weight excluding hydrogens is 314 g/mol. The zero-order chi connectivity index (χ0) is 16.6. The third kappa shape index (κ3) is 3.24. The van der Waals surface area contributed by atoms with Gasteiger partial charge in [0.25, 0.3) is 0 Å². The molecule has 122 valence electrons. The topological polar surface area (TPSA) is 44.5 Å². The van der Waals surface area contributed by atoms with Crippen LogP contribution in [-0.4, -0.2) is 12.8 Å². The number of rotatable bonds is 2. The first kappa shape index (κ1) is 15.6. The lowest BCUT2D eigenvalue weighted by molar-refractivity contribution is -0.137. The molecule has 0 spiro atoms. The molecule has 7 heteroatoms. The van der Waals surface area contributed by atoms with Gasteiger partial charge in [-0.15, -0.1) is 0 Å². The number of ether oxygens (including phenoxy) is 2. The highest BCUT2D eigenvalue weighted by molar-refractivity contribution is 5.45. The molecule has 2 aromatic carbocycles. The number of hydrogen-bond acceptors (Lipinski definition) is 3. The molecule has 23 heavy (non-hydrogen) atoms. The molecule has 1 aliphatic rings. The maximum atomic E-state index is 13.5. The maximum absolute atomic E-state index is 13.5. The Morgan fingerprint density at radius 1 is 1.04 bits per heavy atom. The van der Waals surface area contributed by atoms with Crippen LogP contribution in [0.4, 0.5) is 17.6 Å². The Bertz CT molecular complexity index is 700. The van der Waals surface area contributed by atoms with Gasteiger partial charge < -0.3 is 15.2 Å². The fourth-order valence-electron chi connectivity index (χ4n) is 2.29. The van der Waals surface area contributed by atoms with Crippen LogP contribution in [0.15, 0.2) is 42.5 Å². The molecule has 3 nitrogen and oxygen atoms in total. The van der Waals surface area contributed by atoms with Gasteiger partial charge in [-0.1, -0.05) is 0 Å². The molecule has 0 bridgehead atoms. The third-order valence-electron chi connectivity index (χ3n) is 3.55. The van der Waals surface area contributed by atoms with Gasteiger partial charge in [0.05, 0.1) is 11.6 Å². The molecule has 3 rings (SSSR count). The Morgan fingerprint density at radius 2 is 1.70 bits per heavy atom. The highest BCUT2D eigenvalue weighted by Crippen LogP contribution is 2.36. The average molecular weight is 327 g/mol. The third-order valence-corrected chi connectivity index (χ3v) is 3.55. The van der Waals surface area contributed by atoms with Gasteiger partial charge in [0.2, 0.25) is 0 Å². The molecule has 0 amide bonds. The number of nitrogens with two attached hydrogens (primary N) is 1. The van der Waals surface area contributed by atoms with Crippen LogP contribution in [0.5, 0.6) is 17.2 Å². The first-order chi connectivity index (χ1) is 10.8. The van der Waals surface area contributed by atoms with Gasteiger partial charge in [-0.05, 0) is 36.4 Å². The van der Waals surface area contributed by atoms with Crippen molar-refractivity contribution in [3.8, 4) is 17.2 Å². The number of fused-ring (bicyclic) bond motifs is 1. The molecule has 0 saturated heterocycles. The minimum Gasteiger partial charge on any atom is -0.490 e. The van der Waals surface area contributed by atoms with Crippen molar-refractivity contribution in [2.75, 3.05) is 6.61 Å². The zero-order valence-corrected chi connectivity index (χ0v) is 11.8. The summed E-state index contributed by atoms with van der Waals surface area (Å²) < 4.78 is 61.7. The lowest BCUT2D eigenvalue weighted by Gasteiger charge is -2.26. The highest BCUT2D eigenvalue weighted by atomic mass is 19.4. The molecule has 0 fully saturated rings. The maximum Gasteiger partial charge on any atom is 0.416 e. The molecule has 2 N–H and O–H groups in total. The quantitative estimate of drug-likeness (QED) is 0.840. The summed E-state index contributed by atoms with van der Waals surface area (Å²) in [7, 11) is 0. The van der Waals surface area contributed by atoms with Crippen molar-refractivity contribution in [3.63, 3.8) is 0 Å². The fraction of sp³-hybridized carbons (Fsp3) is 0.250. The lowest BCUT2D eigenvalue weighted by Crippen LogP contribution is -2.32. The van der Waals surface area contributed by atoms with Crippen molar-refractivity contribution in [1.29, 1.82) is 0 Å². The molecule has 0 saturated carbocycles. The second-order valence-electron chi connectivity index (χ2n) is 5.18. The minimum atomic E-state index is -4.39. The second kappa shape index (κ2) is 5.73. The van der Waals surface area contributed by atoms with Crippen LogP contribution in [0.2, 0.25) is 0 Å². The van der Waals surface area contributed by atoms with Gasteiger partial charge in [0.15, 0.2) is 6.17 Å². The smallest absolute Gasteiger partial charge is 0.416 e. The molecular formula is C16H13F4NO2. The summed E-state index contributed by atoms with van der Waals surface area (Å²) in [6.07, 6.45) is -5.67. The molecule has 1 aliphatic heterocycles. The molecule has 2 atom stereocenters. The van der Waals surface area contributed by atoms with Crippen LogP contribution in [0, 0.1) is 0 Å². The Hall–Kier alpha value is -2.28. The summed E-state index contributed by atoms with van der Waals surface area (Å²) in [4.78, 5) is 0. The van der Waals surface area contributed by atoms with Crippen molar-refractivity contribution in [2.45, 2.75) is 18.4 Å². The van der Waals surface area contributed by atoms with E-state index in [-0.39, 0.29) is 12.4 Å². The largest absolute Gasteiger partial charge is 0.490 e. The molecule has 2 aromatic rings. The van der Waals surface area contributed by atoms with Crippen LogP contribution in [0.25, 0.3) is 0 Å². The number of halogens is 4. The van der Waals surface area contributed by atoms with Crippen LogP contribution in [0.1, 0.15) is 17.2 Å². The highest BCUT2D eigenvalue weighted by Gasteiger charge is 2.30.